The van der Waals surface area contributed by atoms with Gasteiger partial charge in [-0.2, -0.15) is 0 Å². The Morgan fingerprint density at radius 2 is 1.72 bits per heavy atom. The molecule has 0 spiro atoms. The Labute approximate surface area is 148 Å². The van der Waals surface area contributed by atoms with Crippen molar-refractivity contribution in [1.29, 1.82) is 0 Å². The third kappa shape index (κ3) is 4.74. The maximum Gasteiger partial charge on any atom is 0.231 e. The van der Waals surface area contributed by atoms with Gasteiger partial charge in [0.25, 0.3) is 0 Å². The van der Waals surface area contributed by atoms with Crippen molar-refractivity contribution in [3.8, 4) is 11.5 Å². The van der Waals surface area contributed by atoms with Gasteiger partial charge < -0.3 is 14.8 Å². The highest BCUT2D eigenvalue weighted by atomic mass is 32.2. The molecule has 0 saturated heterocycles. The van der Waals surface area contributed by atoms with E-state index in [0.29, 0.717) is 24.3 Å². The summed E-state index contributed by atoms with van der Waals surface area (Å²) in [6, 6.07) is 13.4. The average molecular weight is 361 g/mol. The molecular formula is C19H23NO4S. The molecule has 0 fully saturated rings. The van der Waals surface area contributed by atoms with Crippen molar-refractivity contribution < 1.29 is 17.9 Å². The third-order valence-electron chi connectivity index (χ3n) is 4.31. The van der Waals surface area contributed by atoms with Gasteiger partial charge in [-0.25, -0.2) is 8.42 Å². The molecule has 0 radical (unpaired) electrons. The summed E-state index contributed by atoms with van der Waals surface area (Å²) in [7, 11) is -3.13. The van der Waals surface area contributed by atoms with Gasteiger partial charge in [0.2, 0.25) is 6.79 Å². The number of hydrogen-bond donors (Lipinski definition) is 1. The molecule has 1 aliphatic heterocycles. The first kappa shape index (κ1) is 17.8. The highest BCUT2D eigenvalue weighted by Crippen LogP contribution is 2.32. The van der Waals surface area contributed by atoms with Crippen LogP contribution in [0.15, 0.2) is 47.4 Å². The number of fused-ring (bicyclic) bond motifs is 1. The third-order valence-corrected chi connectivity index (χ3v) is 5.44. The molecule has 1 atom stereocenters. The zero-order chi connectivity index (χ0) is 17.9. The summed E-state index contributed by atoms with van der Waals surface area (Å²) >= 11 is 0. The van der Waals surface area contributed by atoms with Gasteiger partial charge in [-0.15, -0.1) is 0 Å². The first-order chi connectivity index (χ1) is 11.9. The number of benzene rings is 2. The van der Waals surface area contributed by atoms with Crippen LogP contribution in [0, 0.1) is 0 Å². The second-order valence-electron chi connectivity index (χ2n) is 6.42. The van der Waals surface area contributed by atoms with Crippen LogP contribution in [0.3, 0.4) is 0 Å². The van der Waals surface area contributed by atoms with Gasteiger partial charge in [0, 0.05) is 18.8 Å². The lowest BCUT2D eigenvalue weighted by molar-refractivity contribution is 0.174. The van der Waals surface area contributed by atoms with Gasteiger partial charge in [0.1, 0.15) is 0 Å². The molecule has 5 nitrogen and oxygen atoms in total. The van der Waals surface area contributed by atoms with Crippen LogP contribution in [-0.2, 0) is 22.8 Å². The fourth-order valence-electron chi connectivity index (χ4n) is 2.73. The SMILES string of the molecule is CC(CCc1ccc2c(c1)OCO2)NCc1ccc(S(C)(=O)=O)cc1. The van der Waals surface area contributed by atoms with Crippen LogP contribution in [0.5, 0.6) is 11.5 Å². The normalized spacial score (nSPS) is 14.5. The first-order valence-corrected chi connectivity index (χ1v) is 10.2. The molecule has 0 aliphatic carbocycles. The average Bonchev–Trinajstić information content (AvgIpc) is 3.05. The molecule has 1 heterocycles. The second kappa shape index (κ2) is 7.45. The molecule has 0 saturated carbocycles. The maximum absolute atomic E-state index is 11.5. The highest BCUT2D eigenvalue weighted by Gasteiger charge is 2.13. The van der Waals surface area contributed by atoms with E-state index in [-0.39, 0.29) is 0 Å². The van der Waals surface area contributed by atoms with Gasteiger partial charge in [-0.3, -0.25) is 0 Å². The molecule has 0 bridgehead atoms. The Morgan fingerprint density at radius 3 is 2.44 bits per heavy atom. The van der Waals surface area contributed by atoms with Crippen molar-refractivity contribution in [3.63, 3.8) is 0 Å². The second-order valence-corrected chi connectivity index (χ2v) is 8.44. The molecule has 2 aromatic carbocycles. The number of nitrogens with one attached hydrogen (secondary N) is 1. The molecule has 25 heavy (non-hydrogen) atoms. The van der Waals surface area contributed by atoms with Crippen LogP contribution >= 0.6 is 0 Å². The Balaban J connectivity index is 1.47. The van der Waals surface area contributed by atoms with Crippen molar-refractivity contribution in [2.75, 3.05) is 13.0 Å². The Bertz CT molecular complexity index is 831. The highest BCUT2D eigenvalue weighted by molar-refractivity contribution is 7.90. The fourth-order valence-corrected chi connectivity index (χ4v) is 3.36. The molecule has 1 N–H and O–H groups in total. The Morgan fingerprint density at radius 1 is 1.04 bits per heavy atom. The number of aryl methyl sites for hydroxylation is 1. The molecule has 3 rings (SSSR count). The zero-order valence-corrected chi connectivity index (χ0v) is 15.3. The van der Waals surface area contributed by atoms with Crippen molar-refractivity contribution in [2.24, 2.45) is 0 Å². The van der Waals surface area contributed by atoms with Crippen molar-refractivity contribution in [3.05, 3.63) is 53.6 Å². The number of rotatable bonds is 7. The van der Waals surface area contributed by atoms with Crippen molar-refractivity contribution in [2.45, 2.75) is 37.2 Å². The standard InChI is InChI=1S/C19H23NO4S/c1-14(3-4-15-7-10-18-19(11-15)24-13-23-18)20-12-16-5-8-17(9-6-16)25(2,21)22/h5-11,14,20H,3-4,12-13H2,1-2H3. The van der Waals surface area contributed by atoms with Gasteiger partial charge >= 0.3 is 0 Å². The number of ether oxygens (including phenoxy) is 2. The predicted molar refractivity (Wildman–Crippen MR) is 96.7 cm³/mol. The lowest BCUT2D eigenvalue weighted by Crippen LogP contribution is -2.25. The topological polar surface area (TPSA) is 64.6 Å². The summed E-state index contributed by atoms with van der Waals surface area (Å²) in [5.41, 5.74) is 2.30. The molecule has 1 unspecified atom stereocenters. The summed E-state index contributed by atoms with van der Waals surface area (Å²) in [6.07, 6.45) is 3.18. The maximum atomic E-state index is 11.5. The predicted octanol–water partition coefficient (Wildman–Crippen LogP) is 2.93. The number of hydrogen-bond acceptors (Lipinski definition) is 5. The van der Waals surface area contributed by atoms with E-state index in [9.17, 15) is 8.42 Å². The molecule has 134 valence electrons. The van der Waals surface area contributed by atoms with E-state index in [4.69, 9.17) is 9.47 Å². The van der Waals surface area contributed by atoms with Crippen LogP contribution in [0.25, 0.3) is 0 Å². The molecular weight excluding hydrogens is 338 g/mol. The van der Waals surface area contributed by atoms with Crippen LogP contribution in [-0.4, -0.2) is 27.5 Å². The van der Waals surface area contributed by atoms with E-state index in [1.54, 1.807) is 12.1 Å². The number of sulfone groups is 1. The minimum Gasteiger partial charge on any atom is -0.454 e. The molecule has 1 aliphatic rings. The summed E-state index contributed by atoms with van der Waals surface area (Å²) in [5.74, 6) is 1.64. The molecule has 0 amide bonds. The summed E-state index contributed by atoms with van der Waals surface area (Å²) < 4.78 is 33.7. The van der Waals surface area contributed by atoms with Gasteiger partial charge in [-0.1, -0.05) is 18.2 Å². The van der Waals surface area contributed by atoms with Crippen LogP contribution in [0.4, 0.5) is 0 Å². The van der Waals surface area contributed by atoms with E-state index >= 15 is 0 Å². The quantitative estimate of drug-likeness (QED) is 0.821. The van der Waals surface area contributed by atoms with E-state index in [1.807, 2.05) is 24.3 Å². The Kier molecular flexibility index (Phi) is 5.30. The van der Waals surface area contributed by atoms with Crippen molar-refractivity contribution >= 4 is 9.84 Å². The minimum atomic E-state index is -3.13. The fraction of sp³-hybridized carbons (Fsp3) is 0.368. The first-order valence-electron chi connectivity index (χ1n) is 8.33. The minimum absolute atomic E-state index is 0.300. The molecule has 6 heteroatoms. The lowest BCUT2D eigenvalue weighted by atomic mass is 10.1. The monoisotopic (exact) mass is 361 g/mol. The zero-order valence-electron chi connectivity index (χ0n) is 14.5. The van der Waals surface area contributed by atoms with E-state index < -0.39 is 9.84 Å². The van der Waals surface area contributed by atoms with Gasteiger partial charge in [0.05, 0.1) is 4.90 Å². The van der Waals surface area contributed by atoms with Crippen LogP contribution in [0.2, 0.25) is 0 Å². The lowest BCUT2D eigenvalue weighted by Gasteiger charge is -2.14. The summed E-state index contributed by atoms with van der Waals surface area (Å²) in [6.45, 7) is 3.17. The smallest absolute Gasteiger partial charge is 0.231 e. The Hall–Kier alpha value is -2.05. The summed E-state index contributed by atoms with van der Waals surface area (Å²) in [5, 5.41) is 3.47. The van der Waals surface area contributed by atoms with E-state index in [0.717, 1.165) is 29.9 Å². The van der Waals surface area contributed by atoms with Gasteiger partial charge in [-0.05, 0) is 55.2 Å². The van der Waals surface area contributed by atoms with E-state index in [2.05, 4.69) is 18.3 Å². The molecule has 2 aromatic rings. The largest absolute Gasteiger partial charge is 0.454 e. The molecule has 0 aromatic heterocycles. The van der Waals surface area contributed by atoms with Crippen LogP contribution < -0.4 is 14.8 Å². The van der Waals surface area contributed by atoms with Crippen LogP contribution in [0.1, 0.15) is 24.5 Å². The summed E-state index contributed by atoms with van der Waals surface area (Å²) in [4.78, 5) is 0.354. The van der Waals surface area contributed by atoms with Crippen molar-refractivity contribution in [1.82, 2.24) is 5.32 Å². The van der Waals surface area contributed by atoms with Gasteiger partial charge in [0.15, 0.2) is 21.3 Å². The van der Waals surface area contributed by atoms with E-state index in [1.165, 1.54) is 11.8 Å².